The molecule has 21 heavy (non-hydrogen) atoms. The highest BCUT2D eigenvalue weighted by Crippen LogP contribution is 2.38. The molecular weight excluding hydrogens is 284 g/mol. The second-order valence-corrected chi connectivity index (χ2v) is 4.78. The van der Waals surface area contributed by atoms with Gasteiger partial charge in [-0.05, 0) is 0 Å². The van der Waals surface area contributed by atoms with Gasteiger partial charge in [-0.1, -0.05) is 13.8 Å². The Morgan fingerprint density at radius 3 is 0.952 bits per heavy atom. The van der Waals surface area contributed by atoms with Crippen molar-refractivity contribution < 1.29 is 38.1 Å². The number of rotatable bonds is 6. The van der Waals surface area contributed by atoms with E-state index in [0.717, 1.165) is 28.4 Å². The maximum atomic E-state index is 11.9. The molecule has 0 spiro atoms. The van der Waals surface area contributed by atoms with Crippen LogP contribution in [-0.2, 0) is 38.1 Å². The van der Waals surface area contributed by atoms with Crippen LogP contribution in [0.25, 0.3) is 0 Å². The van der Waals surface area contributed by atoms with E-state index in [4.69, 9.17) is 0 Å². The van der Waals surface area contributed by atoms with E-state index in [1.807, 2.05) is 0 Å². The molecule has 0 aliphatic rings. The van der Waals surface area contributed by atoms with E-state index in [0.29, 0.717) is 0 Å². The molecule has 0 rings (SSSR count). The number of hydrogen-bond donors (Lipinski definition) is 0. The largest absolute Gasteiger partial charge is 0.468 e. The van der Waals surface area contributed by atoms with Gasteiger partial charge in [0.2, 0.25) is 0 Å². The summed E-state index contributed by atoms with van der Waals surface area (Å²) < 4.78 is 18.2. The van der Waals surface area contributed by atoms with Gasteiger partial charge in [0.1, 0.15) is 0 Å². The summed E-state index contributed by atoms with van der Waals surface area (Å²) in [5.41, 5.74) is -1.47. The fraction of sp³-hybridized carbons (Fsp3) is 0.692. The van der Waals surface area contributed by atoms with Crippen LogP contribution >= 0.6 is 0 Å². The van der Waals surface area contributed by atoms with Crippen molar-refractivity contribution in [1.29, 1.82) is 0 Å². The second-order valence-electron chi connectivity index (χ2n) is 4.78. The molecule has 0 heterocycles. The van der Waals surface area contributed by atoms with E-state index in [2.05, 4.69) is 18.9 Å². The van der Waals surface area contributed by atoms with Crippen LogP contribution in [0.1, 0.15) is 13.8 Å². The van der Waals surface area contributed by atoms with Gasteiger partial charge >= 0.3 is 23.9 Å². The summed E-state index contributed by atoms with van der Waals surface area (Å²) in [5, 5.41) is 0. The van der Waals surface area contributed by atoms with Crippen LogP contribution < -0.4 is 0 Å². The third kappa shape index (κ3) is 3.93. The van der Waals surface area contributed by atoms with Gasteiger partial charge in [-0.2, -0.15) is 0 Å². The lowest BCUT2D eigenvalue weighted by molar-refractivity contribution is -0.175. The summed E-state index contributed by atoms with van der Waals surface area (Å²) in [6, 6.07) is 0. The number of ether oxygens (including phenoxy) is 4. The predicted molar refractivity (Wildman–Crippen MR) is 68.8 cm³/mol. The Bertz CT molecular complexity index is 356. The summed E-state index contributed by atoms with van der Waals surface area (Å²) in [4.78, 5) is 47.4. The highest BCUT2D eigenvalue weighted by molar-refractivity contribution is 6.01. The number of methoxy groups -OCH3 is 4. The van der Waals surface area contributed by atoms with E-state index in [1.54, 1.807) is 0 Å². The molecule has 0 saturated carbocycles. The topological polar surface area (TPSA) is 105 Å². The number of hydrogen-bond acceptors (Lipinski definition) is 8. The van der Waals surface area contributed by atoms with Crippen molar-refractivity contribution in [2.75, 3.05) is 28.4 Å². The first-order chi connectivity index (χ1) is 9.68. The van der Waals surface area contributed by atoms with Gasteiger partial charge in [-0.3, -0.25) is 19.2 Å². The number of carbonyl (C=O) groups is 4. The summed E-state index contributed by atoms with van der Waals surface area (Å²) in [6.45, 7) is 2.76. The molecule has 0 aliphatic carbocycles. The molecule has 0 unspecified atom stereocenters. The molecule has 8 nitrogen and oxygen atoms in total. The van der Waals surface area contributed by atoms with E-state index in [9.17, 15) is 19.2 Å². The van der Waals surface area contributed by atoms with Crippen LogP contribution in [0.15, 0.2) is 0 Å². The molecule has 8 heteroatoms. The number of carbonyl (C=O) groups excluding carboxylic acids is 4. The van der Waals surface area contributed by atoms with E-state index >= 15 is 0 Å². The van der Waals surface area contributed by atoms with Gasteiger partial charge in [0.15, 0.2) is 11.8 Å². The predicted octanol–water partition coefficient (Wildman–Crippen LogP) is -0.0630. The molecule has 0 aromatic carbocycles. The van der Waals surface area contributed by atoms with Gasteiger partial charge in [0.05, 0.1) is 28.4 Å². The third-order valence-corrected chi connectivity index (χ3v) is 3.24. The molecule has 0 aliphatic heterocycles. The Kier molecular flexibility index (Phi) is 6.84. The zero-order chi connectivity index (χ0) is 16.8. The minimum Gasteiger partial charge on any atom is -0.468 e. The molecule has 120 valence electrons. The molecule has 0 fully saturated rings. The van der Waals surface area contributed by atoms with Crippen molar-refractivity contribution in [2.24, 2.45) is 17.3 Å². The Morgan fingerprint density at radius 1 is 0.619 bits per heavy atom. The van der Waals surface area contributed by atoms with Crippen molar-refractivity contribution >= 4 is 23.9 Å². The maximum Gasteiger partial charge on any atom is 0.320 e. The average molecular weight is 304 g/mol. The first-order valence-electron chi connectivity index (χ1n) is 6.00. The Morgan fingerprint density at radius 2 is 0.810 bits per heavy atom. The molecule has 0 saturated heterocycles. The molecule has 0 amide bonds. The minimum atomic E-state index is -1.49. The zero-order valence-electron chi connectivity index (χ0n) is 12.9. The van der Waals surface area contributed by atoms with Crippen molar-refractivity contribution in [2.45, 2.75) is 13.8 Å². The molecule has 0 aromatic heterocycles. The summed E-state index contributed by atoms with van der Waals surface area (Å²) in [7, 11) is 4.33. The monoisotopic (exact) mass is 304 g/mol. The number of esters is 4. The molecule has 0 aromatic rings. The molecule has 0 N–H and O–H groups in total. The fourth-order valence-corrected chi connectivity index (χ4v) is 2.05. The first-order valence-corrected chi connectivity index (χ1v) is 6.00. The molecule has 0 radical (unpaired) electrons. The molecule has 0 atom stereocenters. The van der Waals surface area contributed by atoms with Gasteiger partial charge in [0.25, 0.3) is 0 Å². The van der Waals surface area contributed by atoms with E-state index < -0.39 is 41.1 Å². The van der Waals surface area contributed by atoms with Crippen LogP contribution in [0.5, 0.6) is 0 Å². The summed E-state index contributed by atoms with van der Waals surface area (Å²) in [5.74, 6) is -6.69. The van der Waals surface area contributed by atoms with Crippen LogP contribution in [0, 0.1) is 17.3 Å². The van der Waals surface area contributed by atoms with Crippen molar-refractivity contribution in [3.8, 4) is 0 Å². The van der Waals surface area contributed by atoms with Crippen LogP contribution in [-0.4, -0.2) is 52.3 Å². The Balaban J connectivity index is 5.89. The summed E-state index contributed by atoms with van der Waals surface area (Å²) in [6.07, 6.45) is 0. The quantitative estimate of drug-likeness (QED) is 0.382. The zero-order valence-corrected chi connectivity index (χ0v) is 12.9. The Labute approximate surface area is 122 Å². The molecular formula is C13H20O8. The molecule has 0 bridgehead atoms. The van der Waals surface area contributed by atoms with E-state index in [-0.39, 0.29) is 0 Å². The highest BCUT2D eigenvalue weighted by atomic mass is 16.6. The third-order valence-electron chi connectivity index (χ3n) is 3.24. The normalized spacial score (nSPS) is 11.0. The van der Waals surface area contributed by atoms with E-state index in [1.165, 1.54) is 13.8 Å². The van der Waals surface area contributed by atoms with Crippen LogP contribution in [0.3, 0.4) is 0 Å². The van der Waals surface area contributed by atoms with Crippen molar-refractivity contribution in [3.63, 3.8) is 0 Å². The minimum absolute atomic E-state index is 0.926. The summed E-state index contributed by atoms with van der Waals surface area (Å²) >= 11 is 0. The average Bonchev–Trinajstić information content (AvgIpc) is 2.45. The lowest BCUT2D eigenvalue weighted by Gasteiger charge is -2.34. The van der Waals surface area contributed by atoms with Crippen molar-refractivity contribution in [3.05, 3.63) is 0 Å². The lowest BCUT2D eigenvalue weighted by atomic mass is 9.69. The lowest BCUT2D eigenvalue weighted by Crippen LogP contribution is -2.49. The SMILES string of the molecule is COC(=O)C(C(=O)OC)C(C)(C)C(C(=O)OC)C(=O)OC. The second kappa shape index (κ2) is 7.61. The van der Waals surface area contributed by atoms with Crippen molar-refractivity contribution in [1.82, 2.24) is 0 Å². The van der Waals surface area contributed by atoms with Gasteiger partial charge in [0, 0.05) is 5.41 Å². The smallest absolute Gasteiger partial charge is 0.320 e. The Hall–Kier alpha value is -2.12. The van der Waals surface area contributed by atoms with Gasteiger partial charge in [-0.25, -0.2) is 0 Å². The van der Waals surface area contributed by atoms with Gasteiger partial charge < -0.3 is 18.9 Å². The van der Waals surface area contributed by atoms with Gasteiger partial charge in [-0.15, -0.1) is 0 Å². The maximum absolute atomic E-state index is 11.9. The highest BCUT2D eigenvalue weighted by Gasteiger charge is 2.54. The first kappa shape index (κ1) is 18.9. The van der Waals surface area contributed by atoms with Crippen LogP contribution in [0.4, 0.5) is 0 Å². The standard InChI is InChI=1S/C13H20O8/c1-13(2,7(9(14)18-3)10(15)19-4)8(11(16)20-5)12(17)21-6/h7-8H,1-6H3. The fourth-order valence-electron chi connectivity index (χ4n) is 2.05. The van der Waals surface area contributed by atoms with Crippen LogP contribution in [0.2, 0.25) is 0 Å².